The number of methoxy groups -OCH3 is 1. The zero-order valence-corrected chi connectivity index (χ0v) is 11.1. The maximum Gasteiger partial charge on any atom is 0.144 e. The first-order chi connectivity index (χ1) is 8.49. The second-order valence-electron chi connectivity index (χ2n) is 4.78. The molecule has 0 bridgehead atoms. The molecule has 0 radical (unpaired) electrons. The third-order valence-corrected chi connectivity index (χ3v) is 2.95. The van der Waals surface area contributed by atoms with E-state index >= 15 is 0 Å². The Bertz CT molecular complexity index is 416. The quantitative estimate of drug-likeness (QED) is 0.313. The molecular formula is C13H21N3O2. The summed E-state index contributed by atoms with van der Waals surface area (Å²) in [6.07, 6.45) is 0.764. The molecule has 0 aliphatic carbocycles. The highest BCUT2D eigenvalue weighted by Crippen LogP contribution is 2.21. The first-order valence-electron chi connectivity index (χ1n) is 5.85. The van der Waals surface area contributed by atoms with Crippen LogP contribution in [0.4, 0.5) is 5.69 Å². The monoisotopic (exact) mass is 251 g/mol. The van der Waals surface area contributed by atoms with Crippen LogP contribution in [0.25, 0.3) is 0 Å². The van der Waals surface area contributed by atoms with Crippen molar-refractivity contribution in [1.82, 2.24) is 0 Å². The Labute approximate surface area is 108 Å². The topological polar surface area (TPSA) is 79.9 Å². The number of nitrogens with one attached hydrogen (secondary N) is 1. The van der Waals surface area contributed by atoms with Gasteiger partial charge in [-0.1, -0.05) is 25.1 Å². The van der Waals surface area contributed by atoms with Gasteiger partial charge in [-0.15, -0.1) is 0 Å². The fraction of sp³-hybridized carbons (Fsp3) is 0.462. The molecule has 1 rings (SSSR count). The van der Waals surface area contributed by atoms with Crippen LogP contribution in [0.2, 0.25) is 0 Å². The predicted molar refractivity (Wildman–Crippen MR) is 73.3 cm³/mol. The maximum atomic E-state index is 8.68. The van der Waals surface area contributed by atoms with Gasteiger partial charge < -0.3 is 21.0 Å². The molecule has 0 spiro atoms. The van der Waals surface area contributed by atoms with E-state index in [2.05, 4.69) is 10.5 Å². The van der Waals surface area contributed by atoms with Gasteiger partial charge in [0.1, 0.15) is 11.6 Å². The van der Waals surface area contributed by atoms with Gasteiger partial charge in [-0.3, -0.25) is 0 Å². The molecule has 100 valence electrons. The molecule has 0 fully saturated rings. The van der Waals surface area contributed by atoms with Crippen molar-refractivity contribution in [3.63, 3.8) is 0 Å². The van der Waals surface area contributed by atoms with Crippen molar-refractivity contribution in [3.05, 3.63) is 24.3 Å². The van der Waals surface area contributed by atoms with E-state index in [9.17, 15) is 0 Å². The van der Waals surface area contributed by atoms with Gasteiger partial charge in [0.2, 0.25) is 0 Å². The highest BCUT2D eigenvalue weighted by Gasteiger charge is 2.22. The van der Waals surface area contributed by atoms with E-state index in [1.165, 1.54) is 0 Å². The van der Waals surface area contributed by atoms with Crippen molar-refractivity contribution in [2.24, 2.45) is 16.3 Å². The first-order valence-corrected chi connectivity index (χ1v) is 5.85. The van der Waals surface area contributed by atoms with Crippen molar-refractivity contribution in [1.29, 1.82) is 0 Å². The van der Waals surface area contributed by atoms with E-state index in [1.54, 1.807) is 7.11 Å². The standard InChI is InChI=1S/C13H21N3O2/c1-13(2,12(14)16-17)7-8-15-10-5-4-6-11(9-10)18-3/h4-6,9,15,17H,7-8H2,1-3H3,(H2,14,16). The minimum Gasteiger partial charge on any atom is -0.497 e. The van der Waals surface area contributed by atoms with Crippen molar-refractivity contribution < 1.29 is 9.94 Å². The lowest BCUT2D eigenvalue weighted by atomic mass is 9.88. The van der Waals surface area contributed by atoms with Gasteiger partial charge in [-0.2, -0.15) is 0 Å². The zero-order valence-electron chi connectivity index (χ0n) is 11.1. The number of nitrogens with two attached hydrogens (primary N) is 1. The molecule has 5 heteroatoms. The molecule has 0 saturated heterocycles. The van der Waals surface area contributed by atoms with Gasteiger partial charge in [0.15, 0.2) is 0 Å². The van der Waals surface area contributed by atoms with Crippen LogP contribution in [0, 0.1) is 5.41 Å². The fourth-order valence-corrected chi connectivity index (χ4v) is 1.52. The van der Waals surface area contributed by atoms with Gasteiger partial charge in [-0.05, 0) is 18.6 Å². The number of rotatable bonds is 6. The lowest BCUT2D eigenvalue weighted by Crippen LogP contribution is -2.33. The van der Waals surface area contributed by atoms with E-state index < -0.39 is 0 Å². The van der Waals surface area contributed by atoms with Crippen LogP contribution in [0.15, 0.2) is 29.4 Å². The van der Waals surface area contributed by atoms with Crippen LogP contribution in [0.1, 0.15) is 20.3 Å². The largest absolute Gasteiger partial charge is 0.497 e. The first kappa shape index (κ1) is 14.2. The third kappa shape index (κ3) is 3.84. The van der Waals surface area contributed by atoms with Crippen LogP contribution in [0.3, 0.4) is 0 Å². The highest BCUT2D eigenvalue weighted by atomic mass is 16.5. The minimum atomic E-state index is -0.333. The fourth-order valence-electron chi connectivity index (χ4n) is 1.52. The molecule has 4 N–H and O–H groups in total. The van der Waals surface area contributed by atoms with Crippen molar-refractivity contribution in [2.75, 3.05) is 19.0 Å². The van der Waals surface area contributed by atoms with Crippen LogP contribution in [0.5, 0.6) is 5.75 Å². The zero-order chi connectivity index (χ0) is 13.6. The van der Waals surface area contributed by atoms with Crippen molar-refractivity contribution in [2.45, 2.75) is 20.3 Å². The number of anilines is 1. The van der Waals surface area contributed by atoms with Gasteiger partial charge in [-0.25, -0.2) is 0 Å². The Hall–Kier alpha value is -1.91. The summed E-state index contributed by atoms with van der Waals surface area (Å²) < 4.78 is 5.15. The highest BCUT2D eigenvalue weighted by molar-refractivity contribution is 5.85. The summed E-state index contributed by atoms with van der Waals surface area (Å²) in [6.45, 7) is 4.61. The molecule has 1 aromatic rings. The Kier molecular flexibility index (Phi) is 4.83. The molecule has 0 heterocycles. The van der Waals surface area contributed by atoms with E-state index in [0.717, 1.165) is 24.4 Å². The second-order valence-corrected chi connectivity index (χ2v) is 4.78. The lowest BCUT2D eigenvalue weighted by molar-refractivity contribution is 0.306. The van der Waals surface area contributed by atoms with Gasteiger partial charge >= 0.3 is 0 Å². The second kappa shape index (κ2) is 6.14. The van der Waals surface area contributed by atoms with E-state index in [0.29, 0.717) is 0 Å². The number of amidine groups is 1. The normalized spacial score (nSPS) is 12.3. The Morgan fingerprint density at radius 3 is 2.83 bits per heavy atom. The number of hydrogen-bond donors (Lipinski definition) is 3. The van der Waals surface area contributed by atoms with Crippen molar-refractivity contribution in [3.8, 4) is 5.75 Å². The molecule has 5 nitrogen and oxygen atoms in total. The predicted octanol–water partition coefficient (Wildman–Crippen LogP) is 2.27. The maximum absolute atomic E-state index is 8.68. The SMILES string of the molecule is COc1cccc(NCCC(C)(C)C(N)=NO)c1. The van der Waals surface area contributed by atoms with Crippen LogP contribution < -0.4 is 15.8 Å². The molecule has 0 amide bonds. The summed E-state index contributed by atoms with van der Waals surface area (Å²) in [4.78, 5) is 0. The smallest absolute Gasteiger partial charge is 0.144 e. The Morgan fingerprint density at radius 1 is 1.50 bits per heavy atom. The van der Waals surface area contributed by atoms with Gasteiger partial charge in [0, 0.05) is 23.7 Å². The number of oxime groups is 1. The van der Waals surface area contributed by atoms with Crippen LogP contribution >= 0.6 is 0 Å². The number of ether oxygens (including phenoxy) is 1. The molecule has 0 unspecified atom stereocenters. The third-order valence-electron chi connectivity index (χ3n) is 2.95. The molecule has 0 aliphatic heterocycles. The summed E-state index contributed by atoms with van der Waals surface area (Å²) in [7, 11) is 1.64. The number of nitrogens with zero attached hydrogens (tertiary/aromatic N) is 1. The molecular weight excluding hydrogens is 230 g/mol. The lowest BCUT2D eigenvalue weighted by Gasteiger charge is -2.23. The van der Waals surface area contributed by atoms with E-state index in [-0.39, 0.29) is 11.3 Å². The average Bonchev–Trinajstić information content (AvgIpc) is 2.37. The molecule has 0 saturated carbocycles. The molecule has 0 aromatic heterocycles. The molecule has 18 heavy (non-hydrogen) atoms. The summed E-state index contributed by atoms with van der Waals surface area (Å²) in [5.41, 5.74) is 6.29. The van der Waals surface area contributed by atoms with Crippen LogP contribution in [-0.4, -0.2) is 24.7 Å². The van der Waals surface area contributed by atoms with Crippen LogP contribution in [-0.2, 0) is 0 Å². The average molecular weight is 251 g/mol. The minimum absolute atomic E-state index is 0.245. The summed E-state index contributed by atoms with van der Waals surface area (Å²) in [6, 6.07) is 7.72. The Morgan fingerprint density at radius 2 is 2.22 bits per heavy atom. The summed E-state index contributed by atoms with van der Waals surface area (Å²) in [5.74, 6) is 1.06. The molecule has 1 aromatic carbocycles. The summed E-state index contributed by atoms with van der Waals surface area (Å²) in [5, 5.41) is 15.0. The van der Waals surface area contributed by atoms with Gasteiger partial charge in [0.25, 0.3) is 0 Å². The van der Waals surface area contributed by atoms with E-state index in [1.807, 2.05) is 38.1 Å². The number of hydrogen-bond acceptors (Lipinski definition) is 4. The number of benzene rings is 1. The summed E-state index contributed by atoms with van der Waals surface area (Å²) >= 11 is 0. The molecule has 0 aliphatic rings. The van der Waals surface area contributed by atoms with Crippen molar-refractivity contribution >= 4 is 11.5 Å². The molecule has 0 atom stereocenters. The van der Waals surface area contributed by atoms with E-state index in [4.69, 9.17) is 15.7 Å². The van der Waals surface area contributed by atoms with Gasteiger partial charge in [0.05, 0.1) is 7.11 Å². The Balaban J connectivity index is 2.51.